The average molecular weight is 656 g/mol. The molecule has 0 aliphatic carbocycles. The number of carbonyl (C=O) groups excluding carboxylic acids is 1. The molecule has 4 aromatic carbocycles. The molecule has 2 heterocycles. The second kappa shape index (κ2) is 12.7. The van der Waals surface area contributed by atoms with Gasteiger partial charge in [0.25, 0.3) is 0 Å². The summed E-state index contributed by atoms with van der Waals surface area (Å²) < 4.78 is 29.4. The van der Waals surface area contributed by atoms with Crippen LogP contribution in [0.25, 0.3) is 11.0 Å². The molecule has 10 heteroatoms. The molecule has 5 aromatic rings. The third-order valence-electron chi connectivity index (χ3n) is 7.75. The zero-order valence-electron chi connectivity index (χ0n) is 25.1. The van der Waals surface area contributed by atoms with E-state index in [1.807, 2.05) is 44.2 Å². The number of halogens is 2. The van der Waals surface area contributed by atoms with Crippen LogP contribution in [0.4, 0.5) is 0 Å². The van der Waals surface area contributed by atoms with Crippen LogP contribution in [0.1, 0.15) is 51.2 Å². The third-order valence-corrected chi connectivity index (χ3v) is 8.52. The Labute approximate surface area is 275 Å². The molecular weight excluding hydrogens is 627 g/mol. The number of rotatable bonds is 8. The van der Waals surface area contributed by atoms with E-state index in [0.29, 0.717) is 50.6 Å². The molecule has 0 amide bonds. The van der Waals surface area contributed by atoms with Crippen molar-refractivity contribution in [2.75, 3.05) is 6.61 Å². The van der Waals surface area contributed by atoms with E-state index < -0.39 is 11.9 Å². The Morgan fingerprint density at radius 2 is 1.78 bits per heavy atom. The standard InChI is InChI=1S/C36H28Cl2N2O6/c1-4-42-32-14-21(9-12-29(32)43-18-22-7-5-6-8-27(22)37)33-24-11-10-23(15-31(24)46-35(40)26(33)17-39)44-36(41)34-20(3)25-16-28(38)19(2)13-30(25)45-34/h5-16,33H,4,18,40H2,1-3H3. The number of hydrogen-bond acceptors (Lipinski definition) is 8. The number of aryl methyl sites for hydroxylation is 2. The number of esters is 1. The minimum absolute atomic E-state index is 0.0548. The minimum Gasteiger partial charge on any atom is -0.490 e. The summed E-state index contributed by atoms with van der Waals surface area (Å²) in [5, 5.41) is 12.0. The maximum absolute atomic E-state index is 13.2. The molecule has 2 N–H and O–H groups in total. The second-order valence-corrected chi connectivity index (χ2v) is 11.5. The number of allylic oxidation sites excluding steroid dienone is 1. The SMILES string of the molecule is CCOc1cc(C2C(C#N)=C(N)Oc3cc(OC(=O)c4oc5cc(C)c(Cl)cc5c4C)ccc32)ccc1OCc1ccccc1Cl. The van der Waals surface area contributed by atoms with Gasteiger partial charge in [0, 0.05) is 38.2 Å². The van der Waals surface area contributed by atoms with Crippen LogP contribution in [0.3, 0.4) is 0 Å². The lowest BCUT2D eigenvalue weighted by Gasteiger charge is -2.27. The number of hydrogen-bond donors (Lipinski definition) is 1. The Bertz CT molecular complexity index is 2080. The lowest BCUT2D eigenvalue weighted by atomic mass is 9.83. The first kappa shape index (κ1) is 30.9. The van der Waals surface area contributed by atoms with E-state index >= 15 is 0 Å². The van der Waals surface area contributed by atoms with Gasteiger partial charge in [0.15, 0.2) is 11.5 Å². The number of nitriles is 1. The Morgan fingerprint density at radius 3 is 2.54 bits per heavy atom. The van der Waals surface area contributed by atoms with Crippen molar-refractivity contribution in [1.29, 1.82) is 5.26 Å². The maximum atomic E-state index is 13.2. The molecule has 8 nitrogen and oxygen atoms in total. The van der Waals surface area contributed by atoms with Crippen LogP contribution in [-0.2, 0) is 6.61 Å². The molecule has 6 rings (SSSR count). The van der Waals surface area contributed by atoms with Gasteiger partial charge in [0.2, 0.25) is 11.6 Å². The quantitative estimate of drug-likeness (QED) is 0.130. The van der Waals surface area contributed by atoms with Gasteiger partial charge in [-0.25, -0.2) is 4.79 Å². The van der Waals surface area contributed by atoms with E-state index in [-0.39, 0.29) is 29.6 Å². The van der Waals surface area contributed by atoms with Crippen LogP contribution in [0.5, 0.6) is 23.0 Å². The first-order valence-electron chi connectivity index (χ1n) is 14.4. The van der Waals surface area contributed by atoms with Crippen LogP contribution in [0.2, 0.25) is 10.0 Å². The Balaban J connectivity index is 1.30. The van der Waals surface area contributed by atoms with Crippen molar-refractivity contribution in [2.24, 2.45) is 5.73 Å². The van der Waals surface area contributed by atoms with Crippen molar-refractivity contribution >= 4 is 40.1 Å². The van der Waals surface area contributed by atoms with E-state index in [4.69, 9.17) is 52.3 Å². The monoisotopic (exact) mass is 654 g/mol. The van der Waals surface area contributed by atoms with Crippen molar-refractivity contribution in [2.45, 2.75) is 33.3 Å². The van der Waals surface area contributed by atoms with Crippen molar-refractivity contribution in [3.63, 3.8) is 0 Å². The summed E-state index contributed by atoms with van der Waals surface area (Å²) in [6.45, 7) is 6.15. The average Bonchev–Trinajstić information content (AvgIpc) is 3.35. The fourth-order valence-corrected chi connectivity index (χ4v) is 5.75. The number of nitrogens with zero attached hydrogens (tertiary/aromatic N) is 1. The first-order valence-corrected chi connectivity index (χ1v) is 15.2. The summed E-state index contributed by atoms with van der Waals surface area (Å²) in [7, 11) is 0. The van der Waals surface area contributed by atoms with E-state index in [1.54, 1.807) is 49.4 Å². The molecule has 1 atom stereocenters. The van der Waals surface area contributed by atoms with Gasteiger partial charge in [-0.3, -0.25) is 0 Å². The van der Waals surface area contributed by atoms with Gasteiger partial charge in [-0.2, -0.15) is 5.26 Å². The molecule has 0 spiro atoms. The highest BCUT2D eigenvalue weighted by Crippen LogP contribution is 2.45. The van der Waals surface area contributed by atoms with E-state index in [0.717, 1.165) is 22.1 Å². The highest BCUT2D eigenvalue weighted by atomic mass is 35.5. The zero-order chi connectivity index (χ0) is 32.5. The lowest BCUT2D eigenvalue weighted by Crippen LogP contribution is -2.21. The summed E-state index contributed by atoms with van der Waals surface area (Å²) in [4.78, 5) is 13.2. The predicted octanol–water partition coefficient (Wildman–Crippen LogP) is 8.77. The molecule has 0 saturated heterocycles. The van der Waals surface area contributed by atoms with E-state index in [9.17, 15) is 10.1 Å². The van der Waals surface area contributed by atoms with Gasteiger partial charge in [0.05, 0.1) is 12.5 Å². The smallest absolute Gasteiger partial charge is 0.379 e. The number of carbonyl (C=O) groups is 1. The summed E-state index contributed by atoms with van der Waals surface area (Å²) in [5.41, 5.74) is 10.7. The summed E-state index contributed by atoms with van der Waals surface area (Å²) >= 11 is 12.6. The molecule has 46 heavy (non-hydrogen) atoms. The van der Waals surface area contributed by atoms with Gasteiger partial charge in [-0.15, -0.1) is 0 Å². The van der Waals surface area contributed by atoms with Gasteiger partial charge in [0.1, 0.15) is 35.3 Å². The first-order chi connectivity index (χ1) is 22.2. The molecule has 1 aliphatic rings. The largest absolute Gasteiger partial charge is 0.490 e. The third kappa shape index (κ3) is 5.83. The molecule has 1 aromatic heterocycles. The molecule has 0 fully saturated rings. The molecule has 1 aliphatic heterocycles. The second-order valence-electron chi connectivity index (χ2n) is 10.7. The van der Waals surface area contributed by atoms with Crippen molar-refractivity contribution in [3.05, 3.63) is 128 Å². The Hall–Kier alpha value is -5.10. The number of benzene rings is 4. The molecular formula is C36H28Cl2N2O6. The number of nitrogens with two attached hydrogens (primary N) is 1. The van der Waals surface area contributed by atoms with Gasteiger partial charge < -0.3 is 29.1 Å². The maximum Gasteiger partial charge on any atom is 0.379 e. The van der Waals surface area contributed by atoms with Gasteiger partial charge in [-0.1, -0.05) is 53.5 Å². The van der Waals surface area contributed by atoms with Crippen LogP contribution in [0.15, 0.2) is 88.7 Å². The molecule has 232 valence electrons. The lowest BCUT2D eigenvalue weighted by molar-refractivity contribution is 0.0702. The van der Waals surface area contributed by atoms with Crippen molar-refractivity contribution < 1.29 is 28.2 Å². The Morgan fingerprint density at radius 1 is 0.978 bits per heavy atom. The van der Waals surface area contributed by atoms with Gasteiger partial charge >= 0.3 is 5.97 Å². The van der Waals surface area contributed by atoms with Crippen LogP contribution < -0.4 is 24.7 Å². The summed E-state index contributed by atoms with van der Waals surface area (Å²) in [6, 6.07) is 23.6. The number of fused-ring (bicyclic) bond motifs is 2. The van der Waals surface area contributed by atoms with E-state index in [1.165, 1.54) is 0 Å². The van der Waals surface area contributed by atoms with Crippen LogP contribution >= 0.6 is 23.2 Å². The highest BCUT2D eigenvalue weighted by molar-refractivity contribution is 6.32. The summed E-state index contributed by atoms with van der Waals surface area (Å²) in [5.74, 6) is 0.329. The summed E-state index contributed by atoms with van der Waals surface area (Å²) in [6.07, 6.45) is 0. The fourth-order valence-electron chi connectivity index (χ4n) is 5.39. The van der Waals surface area contributed by atoms with Gasteiger partial charge in [-0.05, 0) is 68.3 Å². The Kier molecular flexibility index (Phi) is 8.55. The minimum atomic E-state index is -0.676. The molecule has 0 saturated carbocycles. The highest BCUT2D eigenvalue weighted by Gasteiger charge is 2.32. The van der Waals surface area contributed by atoms with Crippen molar-refractivity contribution in [1.82, 2.24) is 0 Å². The molecule has 1 unspecified atom stereocenters. The zero-order valence-corrected chi connectivity index (χ0v) is 26.7. The van der Waals surface area contributed by atoms with Crippen LogP contribution in [0, 0.1) is 25.2 Å². The molecule has 0 bridgehead atoms. The van der Waals surface area contributed by atoms with Crippen LogP contribution in [-0.4, -0.2) is 12.6 Å². The fraction of sp³-hybridized carbons (Fsp3) is 0.167. The topological polar surface area (TPSA) is 117 Å². The number of furan rings is 1. The van der Waals surface area contributed by atoms with E-state index in [2.05, 4.69) is 6.07 Å². The predicted molar refractivity (Wildman–Crippen MR) is 175 cm³/mol. The normalized spacial score (nSPS) is 14.0. The number of ether oxygens (including phenoxy) is 4. The van der Waals surface area contributed by atoms with Crippen molar-refractivity contribution in [3.8, 4) is 29.1 Å². The molecule has 0 radical (unpaired) electrons.